The number of carbonyl (C=O) groups is 1. The summed E-state index contributed by atoms with van der Waals surface area (Å²) in [7, 11) is 1.44. The predicted molar refractivity (Wildman–Crippen MR) is 70.9 cm³/mol. The monoisotopic (exact) mass is 247 g/mol. The highest BCUT2D eigenvalue weighted by molar-refractivity contribution is 7.98. The number of thioether (sulfide) groups is 1. The lowest BCUT2D eigenvalue weighted by atomic mass is 10.0. The molecule has 0 bridgehead atoms. The summed E-state index contributed by atoms with van der Waals surface area (Å²) in [6.45, 7) is 6.22. The van der Waals surface area contributed by atoms with E-state index in [0.29, 0.717) is 12.1 Å². The Labute approximate surface area is 104 Å². The Kier molecular flexibility index (Phi) is 8.76. The summed E-state index contributed by atoms with van der Waals surface area (Å²) >= 11 is 1.87. The van der Waals surface area contributed by atoms with Crippen molar-refractivity contribution in [1.29, 1.82) is 0 Å². The number of carbonyl (C=O) groups excluding carboxylic acids is 1. The molecule has 0 aromatic heterocycles. The topological polar surface area (TPSA) is 38.3 Å². The molecule has 0 aromatic rings. The lowest BCUT2D eigenvalue weighted by Gasteiger charge is -2.21. The van der Waals surface area contributed by atoms with Crippen molar-refractivity contribution in [3.8, 4) is 0 Å². The minimum atomic E-state index is -0.120. The first-order valence-electron chi connectivity index (χ1n) is 5.84. The maximum absolute atomic E-state index is 11.3. The van der Waals surface area contributed by atoms with Crippen LogP contribution in [0.15, 0.2) is 0 Å². The highest BCUT2D eigenvalue weighted by Gasteiger charge is 2.17. The zero-order valence-corrected chi connectivity index (χ0v) is 11.9. The third-order valence-corrected chi connectivity index (χ3v) is 3.28. The van der Waals surface area contributed by atoms with E-state index in [4.69, 9.17) is 4.74 Å². The van der Waals surface area contributed by atoms with Crippen LogP contribution in [0.5, 0.6) is 0 Å². The second-order valence-corrected chi connectivity index (χ2v) is 5.40. The highest BCUT2D eigenvalue weighted by Crippen LogP contribution is 2.09. The number of nitrogens with one attached hydrogen (secondary N) is 1. The molecule has 0 aromatic carbocycles. The Hall–Kier alpha value is -0.220. The van der Waals surface area contributed by atoms with Crippen LogP contribution in [0.1, 0.15) is 33.6 Å². The van der Waals surface area contributed by atoms with Crippen LogP contribution in [0, 0.1) is 5.92 Å². The summed E-state index contributed by atoms with van der Waals surface area (Å²) in [5, 5.41) is 3.50. The first kappa shape index (κ1) is 15.8. The van der Waals surface area contributed by atoms with Gasteiger partial charge < -0.3 is 10.1 Å². The van der Waals surface area contributed by atoms with Crippen LogP contribution < -0.4 is 5.32 Å². The summed E-state index contributed by atoms with van der Waals surface area (Å²) in [5.74, 6) is 1.03. The van der Waals surface area contributed by atoms with Gasteiger partial charge in [-0.25, -0.2) is 0 Å². The fraction of sp³-hybridized carbons (Fsp3) is 0.917. The van der Waals surface area contributed by atoms with Crippen molar-refractivity contribution >= 4 is 17.7 Å². The Morgan fingerprint density at radius 3 is 2.44 bits per heavy atom. The van der Waals surface area contributed by atoms with Gasteiger partial charge in [-0.2, -0.15) is 11.8 Å². The van der Waals surface area contributed by atoms with E-state index >= 15 is 0 Å². The Bertz CT molecular complexity index is 199. The summed E-state index contributed by atoms with van der Waals surface area (Å²) in [4.78, 5) is 11.3. The Balaban J connectivity index is 3.79. The van der Waals surface area contributed by atoms with E-state index in [-0.39, 0.29) is 11.9 Å². The molecule has 16 heavy (non-hydrogen) atoms. The van der Waals surface area contributed by atoms with Crippen molar-refractivity contribution in [3.05, 3.63) is 0 Å². The van der Waals surface area contributed by atoms with Crippen molar-refractivity contribution < 1.29 is 9.53 Å². The molecule has 0 saturated carbocycles. The van der Waals surface area contributed by atoms with E-state index in [1.165, 1.54) is 12.9 Å². The predicted octanol–water partition coefficient (Wildman–Crippen LogP) is 2.31. The third kappa shape index (κ3) is 7.12. The first-order chi connectivity index (χ1) is 7.51. The number of ether oxygens (including phenoxy) is 1. The van der Waals surface area contributed by atoms with Gasteiger partial charge in [-0.05, 0) is 38.7 Å². The molecule has 0 aliphatic heterocycles. The summed E-state index contributed by atoms with van der Waals surface area (Å²) in [6.07, 6.45) is 4.11. The average molecular weight is 247 g/mol. The molecule has 3 nitrogen and oxygen atoms in total. The molecule has 96 valence electrons. The van der Waals surface area contributed by atoms with Crippen LogP contribution >= 0.6 is 11.8 Å². The molecule has 3 unspecified atom stereocenters. The minimum absolute atomic E-state index is 0.0275. The molecule has 0 aliphatic carbocycles. The number of esters is 1. The zero-order chi connectivity index (χ0) is 12.6. The van der Waals surface area contributed by atoms with Crippen molar-refractivity contribution in [3.63, 3.8) is 0 Å². The number of rotatable bonds is 8. The highest BCUT2D eigenvalue weighted by atomic mass is 32.2. The van der Waals surface area contributed by atoms with Gasteiger partial charge in [0.2, 0.25) is 0 Å². The van der Waals surface area contributed by atoms with Crippen molar-refractivity contribution in [2.75, 3.05) is 19.1 Å². The Morgan fingerprint density at radius 1 is 1.31 bits per heavy atom. The molecule has 0 fully saturated rings. The van der Waals surface area contributed by atoms with Crippen LogP contribution in [0.25, 0.3) is 0 Å². The van der Waals surface area contributed by atoms with Gasteiger partial charge in [0.1, 0.15) is 0 Å². The van der Waals surface area contributed by atoms with Crippen LogP contribution in [0.3, 0.4) is 0 Å². The van der Waals surface area contributed by atoms with E-state index in [0.717, 1.165) is 12.8 Å². The second kappa shape index (κ2) is 8.88. The van der Waals surface area contributed by atoms with Crippen molar-refractivity contribution in [2.45, 2.75) is 45.7 Å². The largest absolute Gasteiger partial charge is 0.469 e. The molecule has 0 spiro atoms. The second-order valence-electron chi connectivity index (χ2n) is 4.41. The molecule has 4 heteroatoms. The fourth-order valence-corrected chi connectivity index (χ4v) is 2.35. The maximum Gasteiger partial charge on any atom is 0.308 e. The van der Waals surface area contributed by atoms with E-state index in [2.05, 4.69) is 25.4 Å². The number of hydrogen-bond acceptors (Lipinski definition) is 4. The SMILES string of the molecule is COC(=O)C(C)CC(C)NC(C)CCSC. The lowest BCUT2D eigenvalue weighted by Crippen LogP contribution is -2.36. The van der Waals surface area contributed by atoms with Crippen LogP contribution in [-0.4, -0.2) is 37.2 Å². The summed E-state index contributed by atoms with van der Waals surface area (Å²) in [6, 6.07) is 0.859. The standard InChI is InChI=1S/C12H25NO2S/c1-9(12(14)15-4)8-11(3)13-10(2)6-7-16-5/h9-11,13H,6-8H2,1-5H3. The Morgan fingerprint density at radius 2 is 1.94 bits per heavy atom. The quantitative estimate of drug-likeness (QED) is 0.668. The molecule has 0 amide bonds. The molecule has 0 aliphatic rings. The molecule has 1 N–H and O–H groups in total. The molecule has 0 saturated heterocycles. The van der Waals surface area contributed by atoms with E-state index in [9.17, 15) is 4.79 Å². The van der Waals surface area contributed by atoms with Crippen molar-refractivity contribution in [2.24, 2.45) is 5.92 Å². The van der Waals surface area contributed by atoms with Crippen LogP contribution in [-0.2, 0) is 9.53 Å². The zero-order valence-electron chi connectivity index (χ0n) is 11.1. The summed E-state index contributed by atoms with van der Waals surface area (Å²) < 4.78 is 4.71. The van der Waals surface area contributed by atoms with Crippen molar-refractivity contribution in [1.82, 2.24) is 5.32 Å². The number of methoxy groups -OCH3 is 1. The fourth-order valence-electron chi connectivity index (χ4n) is 1.76. The van der Waals surface area contributed by atoms with Gasteiger partial charge in [0.15, 0.2) is 0 Å². The van der Waals surface area contributed by atoms with Gasteiger partial charge >= 0.3 is 5.97 Å². The van der Waals surface area contributed by atoms with Gasteiger partial charge in [0.05, 0.1) is 13.0 Å². The van der Waals surface area contributed by atoms with Gasteiger partial charge in [-0.1, -0.05) is 6.92 Å². The van der Waals surface area contributed by atoms with Crippen LogP contribution in [0.2, 0.25) is 0 Å². The summed E-state index contributed by atoms with van der Waals surface area (Å²) in [5.41, 5.74) is 0. The third-order valence-electron chi connectivity index (χ3n) is 2.63. The molecule has 0 radical (unpaired) electrons. The smallest absolute Gasteiger partial charge is 0.308 e. The van der Waals surface area contributed by atoms with Gasteiger partial charge in [0, 0.05) is 12.1 Å². The molecular formula is C12H25NO2S. The average Bonchev–Trinajstić information content (AvgIpc) is 2.24. The normalized spacial score (nSPS) is 16.6. The van der Waals surface area contributed by atoms with Gasteiger partial charge in [0.25, 0.3) is 0 Å². The van der Waals surface area contributed by atoms with Crippen LogP contribution in [0.4, 0.5) is 0 Å². The van der Waals surface area contributed by atoms with Gasteiger partial charge in [-0.15, -0.1) is 0 Å². The molecule has 3 atom stereocenters. The molecule has 0 rings (SSSR count). The maximum atomic E-state index is 11.3. The lowest BCUT2D eigenvalue weighted by molar-refractivity contribution is -0.145. The van der Waals surface area contributed by atoms with E-state index in [1.807, 2.05) is 18.7 Å². The van der Waals surface area contributed by atoms with Gasteiger partial charge in [-0.3, -0.25) is 4.79 Å². The van der Waals surface area contributed by atoms with E-state index in [1.54, 1.807) is 0 Å². The first-order valence-corrected chi connectivity index (χ1v) is 7.23. The van der Waals surface area contributed by atoms with E-state index < -0.39 is 0 Å². The molecular weight excluding hydrogens is 222 g/mol. The number of hydrogen-bond donors (Lipinski definition) is 1. The minimum Gasteiger partial charge on any atom is -0.469 e. The molecule has 0 heterocycles.